The van der Waals surface area contributed by atoms with Gasteiger partial charge in [-0.05, 0) is 130 Å². The van der Waals surface area contributed by atoms with Gasteiger partial charge in [-0.1, -0.05) is 46.3 Å². The Balaban J connectivity index is 1.03. The van der Waals surface area contributed by atoms with Crippen LogP contribution in [0, 0.1) is 45.3 Å². The topological polar surface area (TPSA) is 337 Å². The molecule has 0 amide bonds. The van der Waals surface area contributed by atoms with Crippen LogP contribution in [0.5, 0.6) is 0 Å². The van der Waals surface area contributed by atoms with Crippen LogP contribution in [0.2, 0.25) is 0 Å². The molecule has 74 heavy (non-hydrogen) atoms. The molecule has 8 aliphatic rings. The van der Waals surface area contributed by atoms with Crippen molar-refractivity contribution in [1.82, 2.24) is 0 Å². The van der Waals surface area contributed by atoms with Gasteiger partial charge < -0.3 is 104 Å². The number of hydrogen-bond acceptors (Lipinski definition) is 21. The molecule has 4 aliphatic heterocycles. The molecule has 0 aromatic rings. The van der Waals surface area contributed by atoms with Gasteiger partial charge in [0.05, 0.1) is 44.2 Å². The molecule has 4 saturated carbocycles. The van der Waals surface area contributed by atoms with E-state index < -0.39 is 154 Å². The first kappa shape index (κ1) is 59.0. The van der Waals surface area contributed by atoms with E-state index in [0.717, 1.165) is 50.5 Å². The fraction of sp³-hybridized carbons (Fsp3) is 0.962. The van der Waals surface area contributed by atoms with Gasteiger partial charge in [0, 0.05) is 0 Å². The molecule has 4 saturated heterocycles. The number of hydrogen-bond donors (Lipinski definition) is 13. The molecule has 8 rings (SSSR count). The Hall–Kier alpha value is -1.10. The summed E-state index contributed by atoms with van der Waals surface area (Å²) in [6.45, 7) is 15.2. The zero-order valence-electron chi connectivity index (χ0n) is 44.4. The summed E-state index contributed by atoms with van der Waals surface area (Å²) in [7, 11) is 0. The third-order valence-electron chi connectivity index (χ3n) is 20.4. The van der Waals surface area contributed by atoms with Gasteiger partial charge in [-0.3, -0.25) is 0 Å². The Morgan fingerprint density at radius 3 is 1.88 bits per heavy atom. The van der Waals surface area contributed by atoms with E-state index in [2.05, 4.69) is 40.7 Å². The van der Waals surface area contributed by atoms with E-state index in [1.54, 1.807) is 0 Å². The Kier molecular flexibility index (Phi) is 17.9. The molecule has 0 spiro atoms. The van der Waals surface area contributed by atoms with Crippen LogP contribution in [0.3, 0.4) is 0 Å². The second kappa shape index (κ2) is 22.4. The molecule has 428 valence electrons. The number of rotatable bonds is 15. The smallest absolute Gasteiger partial charge is 0.187 e. The first-order chi connectivity index (χ1) is 34.7. The van der Waals surface area contributed by atoms with Gasteiger partial charge in [0.1, 0.15) is 85.5 Å². The van der Waals surface area contributed by atoms with Crippen molar-refractivity contribution >= 4 is 0 Å². The van der Waals surface area contributed by atoms with Crippen LogP contribution < -0.4 is 0 Å². The molecule has 4 aliphatic carbocycles. The maximum absolute atomic E-state index is 12.9. The van der Waals surface area contributed by atoms with Crippen LogP contribution in [0.15, 0.2) is 11.6 Å². The lowest BCUT2D eigenvalue weighted by Gasteiger charge is -2.70. The zero-order valence-corrected chi connectivity index (χ0v) is 44.4. The quantitative estimate of drug-likeness (QED) is 0.0724. The predicted molar refractivity (Wildman–Crippen MR) is 259 cm³/mol. The number of fused-ring (bicyclic) bond motifs is 5. The molecular formula is C53H90O21. The summed E-state index contributed by atoms with van der Waals surface area (Å²) in [5, 5.41) is 141. The van der Waals surface area contributed by atoms with E-state index in [4.69, 9.17) is 37.9 Å². The van der Waals surface area contributed by atoms with Gasteiger partial charge in [0.15, 0.2) is 25.2 Å². The summed E-state index contributed by atoms with van der Waals surface area (Å²) in [6, 6.07) is 0. The molecule has 21 nitrogen and oxygen atoms in total. The van der Waals surface area contributed by atoms with Gasteiger partial charge in [-0.2, -0.15) is 0 Å². The van der Waals surface area contributed by atoms with Crippen LogP contribution in [0.1, 0.15) is 120 Å². The maximum atomic E-state index is 12.9. The third-order valence-corrected chi connectivity index (χ3v) is 20.4. The maximum Gasteiger partial charge on any atom is 0.187 e. The molecule has 0 aromatic carbocycles. The van der Waals surface area contributed by atoms with Gasteiger partial charge in [-0.25, -0.2) is 0 Å². The summed E-state index contributed by atoms with van der Waals surface area (Å²) in [6.07, 6.45) is -19.6. The monoisotopic (exact) mass is 1060 g/mol. The fourth-order valence-electron chi connectivity index (χ4n) is 16.0. The van der Waals surface area contributed by atoms with E-state index in [0.29, 0.717) is 19.3 Å². The lowest BCUT2D eigenvalue weighted by Crippen LogP contribution is -2.67. The first-order valence-corrected chi connectivity index (χ1v) is 27.2. The average Bonchev–Trinajstić information content (AvgIpc) is 3.72. The zero-order chi connectivity index (χ0) is 54.2. The van der Waals surface area contributed by atoms with Crippen LogP contribution in [-0.2, 0) is 37.9 Å². The molecule has 13 N–H and O–H groups in total. The number of aliphatic hydroxyl groups is 13. The van der Waals surface area contributed by atoms with Crippen LogP contribution in [0.25, 0.3) is 0 Å². The minimum Gasteiger partial charge on any atom is -0.394 e. The molecule has 0 aromatic heterocycles. The summed E-state index contributed by atoms with van der Waals surface area (Å²) in [5.74, 6) is 0.389. The number of ether oxygens (including phenoxy) is 8. The van der Waals surface area contributed by atoms with E-state index in [1.165, 1.54) is 6.92 Å². The van der Waals surface area contributed by atoms with Gasteiger partial charge in [0.25, 0.3) is 0 Å². The van der Waals surface area contributed by atoms with Crippen molar-refractivity contribution in [1.29, 1.82) is 0 Å². The summed E-state index contributed by atoms with van der Waals surface area (Å²) >= 11 is 0. The van der Waals surface area contributed by atoms with Crippen molar-refractivity contribution < 1.29 is 104 Å². The minimum absolute atomic E-state index is 0.129. The Bertz CT molecular complexity index is 1910. The Morgan fingerprint density at radius 1 is 0.595 bits per heavy atom. The van der Waals surface area contributed by atoms with Gasteiger partial charge >= 0.3 is 0 Å². The average molecular weight is 1060 g/mol. The molecular weight excluding hydrogens is 973 g/mol. The lowest BCUT2D eigenvalue weighted by atomic mass is 9.35. The van der Waals surface area contributed by atoms with Crippen molar-refractivity contribution in [3.8, 4) is 0 Å². The summed E-state index contributed by atoms with van der Waals surface area (Å²) < 4.78 is 49.2. The molecule has 21 heteroatoms. The predicted octanol–water partition coefficient (Wildman–Crippen LogP) is -0.534. The highest BCUT2D eigenvalue weighted by atomic mass is 16.8. The van der Waals surface area contributed by atoms with Crippen molar-refractivity contribution in [2.75, 3.05) is 26.4 Å². The molecule has 28 unspecified atom stereocenters. The Morgan fingerprint density at radius 2 is 1.20 bits per heavy atom. The van der Waals surface area contributed by atoms with Crippen molar-refractivity contribution in [2.24, 2.45) is 45.3 Å². The summed E-state index contributed by atoms with van der Waals surface area (Å²) in [4.78, 5) is 0. The van der Waals surface area contributed by atoms with Crippen molar-refractivity contribution in [2.45, 2.75) is 248 Å². The minimum atomic E-state index is -1.78. The van der Waals surface area contributed by atoms with Gasteiger partial charge in [-0.15, -0.1) is 0 Å². The Labute approximate surface area is 434 Å². The second-order valence-corrected chi connectivity index (χ2v) is 25.1. The fourth-order valence-corrected chi connectivity index (χ4v) is 16.0. The van der Waals surface area contributed by atoms with Gasteiger partial charge in [0.2, 0.25) is 0 Å². The van der Waals surface area contributed by atoms with E-state index in [9.17, 15) is 66.4 Å². The highest BCUT2D eigenvalue weighted by molar-refractivity contribution is 5.19. The normalized spacial score (nSPS) is 52.3. The van der Waals surface area contributed by atoms with Crippen LogP contribution >= 0.6 is 0 Å². The summed E-state index contributed by atoms with van der Waals surface area (Å²) in [5.41, 5.74) is -1.22. The lowest BCUT2D eigenvalue weighted by molar-refractivity contribution is -0.395. The first-order valence-electron chi connectivity index (χ1n) is 27.2. The molecule has 4 heterocycles. The second-order valence-electron chi connectivity index (χ2n) is 25.1. The highest BCUT2D eigenvalue weighted by Gasteiger charge is 2.70. The van der Waals surface area contributed by atoms with E-state index in [1.807, 2.05) is 13.8 Å². The number of allylic oxidation sites excluding steroid dienone is 2. The van der Waals surface area contributed by atoms with Crippen LogP contribution in [-0.4, -0.2) is 221 Å². The number of aliphatic hydroxyl groups excluding tert-OH is 12. The van der Waals surface area contributed by atoms with E-state index >= 15 is 0 Å². The standard InChI is InChI=1S/C53H90O21/c1-24(2)10-9-16-53(66,23-68-46-41(64)39(62)36(59)29(20-54)70-46)27-13-18-51(7)26(27)11-12-32-50(6)17-15-33(49(4,5)31(50)14-19-52(32,51)8)72-48-44(74-47-42(65)38(61)34(57)25(3)69-47)43(37(60)30(21-55)71-48)73-45-40(63)35(58)28(56)22-67-45/h10,25-48,54-66H,9,11-23H2,1-8H3. The largest absolute Gasteiger partial charge is 0.394 e. The highest BCUT2D eigenvalue weighted by Crippen LogP contribution is 2.76. The molecule has 0 radical (unpaired) electrons. The molecule has 0 bridgehead atoms. The SMILES string of the molecule is CC(C)=CCCC(O)(COC1OC(CO)C(O)C(O)C1O)C1CCC2(C)C1CCC1C3(C)CCC(OC4OC(CO)C(O)C(OC5OCC(O)C(O)C5O)C4OC4OC(C)C(O)C(O)C4O)C(C)(C)C3CCC12C. The van der Waals surface area contributed by atoms with Crippen LogP contribution in [0.4, 0.5) is 0 Å². The van der Waals surface area contributed by atoms with E-state index in [-0.39, 0.29) is 46.5 Å². The van der Waals surface area contributed by atoms with Crippen molar-refractivity contribution in [3.63, 3.8) is 0 Å². The molecule has 8 fully saturated rings. The third kappa shape index (κ3) is 10.4. The molecule has 28 atom stereocenters. The van der Waals surface area contributed by atoms with Crippen molar-refractivity contribution in [3.05, 3.63) is 11.6 Å².